The standard InChI is InChI=1S/C20H26N4O3/c1-12(2)16-7-14(13(3)6-18(16)26-5)9-21-20(25)19-8-17(23-27-19)15-10-22-24(4)11-15/h6-7,10-12,19H,8-9H2,1-5H3,(H,21,25)/t19-/m1/s1. The molecule has 1 aromatic carbocycles. The summed E-state index contributed by atoms with van der Waals surface area (Å²) in [5.41, 5.74) is 4.90. The Kier molecular flexibility index (Phi) is 5.48. The topological polar surface area (TPSA) is 77.7 Å². The van der Waals surface area contributed by atoms with Gasteiger partial charge in [0.2, 0.25) is 6.10 Å². The van der Waals surface area contributed by atoms with Crippen LogP contribution in [0.3, 0.4) is 0 Å². The van der Waals surface area contributed by atoms with E-state index in [0.29, 0.717) is 18.9 Å². The van der Waals surface area contributed by atoms with Gasteiger partial charge in [-0.2, -0.15) is 5.10 Å². The van der Waals surface area contributed by atoms with E-state index in [1.807, 2.05) is 26.2 Å². The van der Waals surface area contributed by atoms with Gasteiger partial charge in [-0.25, -0.2) is 0 Å². The number of nitrogens with zero attached hydrogens (tertiary/aromatic N) is 3. The first-order valence-electron chi connectivity index (χ1n) is 9.06. The van der Waals surface area contributed by atoms with Crippen LogP contribution in [-0.4, -0.2) is 34.6 Å². The minimum absolute atomic E-state index is 0.168. The molecule has 0 unspecified atom stereocenters. The van der Waals surface area contributed by atoms with Crippen molar-refractivity contribution in [2.75, 3.05) is 7.11 Å². The van der Waals surface area contributed by atoms with Gasteiger partial charge in [-0.3, -0.25) is 9.48 Å². The molecule has 1 aliphatic rings. The van der Waals surface area contributed by atoms with Gasteiger partial charge in [-0.15, -0.1) is 0 Å². The number of rotatable bonds is 6. The molecule has 27 heavy (non-hydrogen) atoms. The Hall–Kier alpha value is -2.83. The van der Waals surface area contributed by atoms with Crippen LogP contribution in [0.1, 0.15) is 48.4 Å². The number of amides is 1. The van der Waals surface area contributed by atoms with Crippen LogP contribution in [-0.2, 0) is 23.2 Å². The molecule has 0 saturated heterocycles. The molecule has 7 heteroatoms. The van der Waals surface area contributed by atoms with E-state index < -0.39 is 6.10 Å². The third-order valence-electron chi connectivity index (χ3n) is 4.76. The van der Waals surface area contributed by atoms with E-state index in [1.54, 1.807) is 18.0 Å². The van der Waals surface area contributed by atoms with E-state index in [9.17, 15) is 4.79 Å². The van der Waals surface area contributed by atoms with E-state index in [-0.39, 0.29) is 5.91 Å². The Bertz CT molecular complexity index is 870. The van der Waals surface area contributed by atoms with Gasteiger partial charge in [0.1, 0.15) is 5.75 Å². The third-order valence-corrected chi connectivity index (χ3v) is 4.76. The van der Waals surface area contributed by atoms with Crippen LogP contribution >= 0.6 is 0 Å². The molecule has 1 atom stereocenters. The van der Waals surface area contributed by atoms with Crippen LogP contribution in [0.4, 0.5) is 0 Å². The summed E-state index contributed by atoms with van der Waals surface area (Å²) in [6, 6.07) is 4.12. The van der Waals surface area contributed by atoms with Crippen molar-refractivity contribution in [2.45, 2.75) is 45.8 Å². The smallest absolute Gasteiger partial charge is 0.264 e. The Balaban J connectivity index is 1.62. The average Bonchev–Trinajstić information content (AvgIpc) is 3.28. The lowest BCUT2D eigenvalue weighted by molar-refractivity contribution is -0.131. The first-order chi connectivity index (χ1) is 12.9. The molecule has 0 saturated carbocycles. The van der Waals surface area contributed by atoms with Crippen molar-refractivity contribution in [3.63, 3.8) is 0 Å². The molecule has 0 spiro atoms. The van der Waals surface area contributed by atoms with E-state index in [0.717, 1.165) is 33.7 Å². The minimum atomic E-state index is -0.608. The number of aromatic nitrogens is 2. The SMILES string of the molecule is COc1cc(C)c(CNC(=O)[C@H]2CC(c3cnn(C)c3)=NO2)cc1C(C)C. The van der Waals surface area contributed by atoms with Crippen LogP contribution in [0.5, 0.6) is 5.75 Å². The number of carbonyl (C=O) groups excluding carboxylic acids is 1. The molecule has 0 bridgehead atoms. The van der Waals surface area contributed by atoms with Gasteiger partial charge >= 0.3 is 0 Å². The normalized spacial score (nSPS) is 16.2. The molecule has 2 heterocycles. The molecule has 144 valence electrons. The fourth-order valence-corrected chi connectivity index (χ4v) is 3.12. The number of benzene rings is 1. The third kappa shape index (κ3) is 4.13. The Morgan fingerprint density at radius 2 is 2.22 bits per heavy atom. The van der Waals surface area contributed by atoms with E-state index >= 15 is 0 Å². The van der Waals surface area contributed by atoms with Crippen molar-refractivity contribution in [3.05, 3.63) is 46.8 Å². The summed E-state index contributed by atoms with van der Waals surface area (Å²) in [4.78, 5) is 17.8. The summed E-state index contributed by atoms with van der Waals surface area (Å²) in [5.74, 6) is 1.05. The van der Waals surface area contributed by atoms with Gasteiger partial charge in [0, 0.05) is 31.8 Å². The zero-order valence-electron chi connectivity index (χ0n) is 16.4. The molecule has 1 N–H and O–H groups in total. The molecule has 2 aromatic rings. The van der Waals surface area contributed by atoms with Crippen LogP contribution in [0, 0.1) is 6.92 Å². The molecule has 1 aliphatic heterocycles. The highest BCUT2D eigenvalue weighted by Crippen LogP contribution is 2.29. The van der Waals surface area contributed by atoms with Gasteiger partial charge in [-0.05, 0) is 41.7 Å². The van der Waals surface area contributed by atoms with Gasteiger partial charge < -0.3 is 14.9 Å². The maximum atomic E-state index is 12.5. The van der Waals surface area contributed by atoms with Crippen LogP contribution in [0.25, 0.3) is 0 Å². The molecule has 3 rings (SSSR count). The van der Waals surface area contributed by atoms with Crippen molar-refractivity contribution in [1.82, 2.24) is 15.1 Å². The van der Waals surface area contributed by atoms with Crippen LogP contribution < -0.4 is 10.1 Å². The Labute approximate surface area is 159 Å². The van der Waals surface area contributed by atoms with E-state index in [1.165, 1.54) is 0 Å². The quantitative estimate of drug-likeness (QED) is 0.848. The van der Waals surface area contributed by atoms with Gasteiger partial charge in [0.05, 0.1) is 19.0 Å². The van der Waals surface area contributed by atoms with E-state index in [4.69, 9.17) is 9.57 Å². The zero-order chi connectivity index (χ0) is 19.6. The summed E-state index contributed by atoms with van der Waals surface area (Å²) in [6.45, 7) is 6.71. The summed E-state index contributed by atoms with van der Waals surface area (Å²) in [7, 11) is 3.52. The molecular weight excluding hydrogens is 344 g/mol. The molecule has 1 aromatic heterocycles. The molecule has 1 amide bonds. The van der Waals surface area contributed by atoms with Crippen molar-refractivity contribution in [2.24, 2.45) is 12.2 Å². The lowest BCUT2D eigenvalue weighted by Gasteiger charge is -2.17. The molecule has 0 radical (unpaired) electrons. The summed E-state index contributed by atoms with van der Waals surface area (Å²) < 4.78 is 7.17. The maximum absolute atomic E-state index is 12.5. The van der Waals surface area contributed by atoms with Crippen molar-refractivity contribution < 1.29 is 14.4 Å². The summed E-state index contributed by atoms with van der Waals surface area (Å²) in [5, 5.41) is 11.1. The maximum Gasteiger partial charge on any atom is 0.264 e. The first kappa shape index (κ1) is 18.9. The second-order valence-corrected chi connectivity index (χ2v) is 7.13. The number of hydrogen-bond donors (Lipinski definition) is 1. The number of hydrogen-bond acceptors (Lipinski definition) is 5. The number of ether oxygens (including phenoxy) is 1. The second kappa shape index (κ2) is 7.82. The average molecular weight is 370 g/mol. The highest BCUT2D eigenvalue weighted by Gasteiger charge is 2.29. The fourth-order valence-electron chi connectivity index (χ4n) is 3.12. The highest BCUT2D eigenvalue weighted by molar-refractivity contribution is 6.03. The van der Waals surface area contributed by atoms with Crippen molar-refractivity contribution in [3.8, 4) is 5.75 Å². The predicted molar refractivity (Wildman–Crippen MR) is 103 cm³/mol. The molecule has 7 nitrogen and oxygen atoms in total. The minimum Gasteiger partial charge on any atom is -0.496 e. The second-order valence-electron chi connectivity index (χ2n) is 7.13. The lowest BCUT2D eigenvalue weighted by Crippen LogP contribution is -2.34. The number of methoxy groups -OCH3 is 1. The predicted octanol–water partition coefficient (Wildman–Crippen LogP) is 2.67. The first-order valence-corrected chi connectivity index (χ1v) is 9.06. The van der Waals surface area contributed by atoms with Gasteiger partial charge in [0.25, 0.3) is 5.91 Å². The lowest BCUT2D eigenvalue weighted by atomic mass is 9.96. The largest absolute Gasteiger partial charge is 0.496 e. The number of oxime groups is 1. The zero-order valence-corrected chi connectivity index (χ0v) is 16.4. The Morgan fingerprint density at radius 1 is 1.44 bits per heavy atom. The van der Waals surface area contributed by atoms with Crippen LogP contribution in [0.15, 0.2) is 29.7 Å². The molecule has 0 fully saturated rings. The van der Waals surface area contributed by atoms with Crippen LogP contribution in [0.2, 0.25) is 0 Å². The van der Waals surface area contributed by atoms with Gasteiger partial charge in [-0.1, -0.05) is 19.0 Å². The molecule has 0 aliphatic carbocycles. The highest BCUT2D eigenvalue weighted by atomic mass is 16.6. The number of aryl methyl sites for hydroxylation is 2. The number of carbonyl (C=O) groups is 1. The fraction of sp³-hybridized carbons (Fsp3) is 0.450. The molecular formula is C20H26N4O3. The number of nitrogens with one attached hydrogen (secondary N) is 1. The summed E-state index contributed by atoms with van der Waals surface area (Å²) in [6.07, 6.45) is 3.41. The van der Waals surface area contributed by atoms with Crippen molar-refractivity contribution >= 4 is 11.6 Å². The monoisotopic (exact) mass is 370 g/mol. The Morgan fingerprint density at radius 3 is 2.85 bits per heavy atom. The van der Waals surface area contributed by atoms with E-state index in [2.05, 4.69) is 35.5 Å². The van der Waals surface area contributed by atoms with Gasteiger partial charge in [0.15, 0.2) is 0 Å². The summed E-state index contributed by atoms with van der Waals surface area (Å²) >= 11 is 0. The van der Waals surface area contributed by atoms with Crippen molar-refractivity contribution in [1.29, 1.82) is 0 Å².